The summed E-state index contributed by atoms with van der Waals surface area (Å²) in [6.45, 7) is 6.33. The molecule has 1 aromatic heterocycles. The second kappa shape index (κ2) is 5.66. The second-order valence-electron chi connectivity index (χ2n) is 5.94. The second-order valence-corrected chi connectivity index (χ2v) is 5.94. The highest BCUT2D eigenvalue weighted by molar-refractivity contribution is 5.36. The van der Waals surface area contributed by atoms with Crippen LogP contribution in [-0.2, 0) is 4.74 Å². The molecule has 0 saturated carbocycles. The third-order valence-electron chi connectivity index (χ3n) is 4.62. The predicted octanol–water partition coefficient (Wildman–Crippen LogP) is 1.46. The van der Waals surface area contributed by atoms with Gasteiger partial charge < -0.3 is 14.7 Å². The van der Waals surface area contributed by atoms with E-state index in [9.17, 15) is 5.11 Å². The molecule has 0 bridgehead atoms. The average Bonchev–Trinajstić information content (AvgIpc) is 2.91. The first kappa shape index (κ1) is 13.8. The molecule has 3 heterocycles. The standard InChI is InChI=1S/C15H23N3O2/c1-10-8-16-15(17-11(10)2)18-6-3-4-13(18)12-9-20-7-5-14(12)19/h8,12-14,19H,3-7,9H2,1-2H3/t12-,13+,14-/m0/s1. The molecule has 2 saturated heterocycles. The van der Waals surface area contributed by atoms with Gasteiger partial charge in [0.2, 0.25) is 5.95 Å². The number of aliphatic hydroxyl groups is 1. The van der Waals surface area contributed by atoms with E-state index in [0.717, 1.165) is 43.0 Å². The highest BCUT2D eigenvalue weighted by atomic mass is 16.5. The van der Waals surface area contributed by atoms with Crippen LogP contribution in [0.2, 0.25) is 0 Å². The van der Waals surface area contributed by atoms with Gasteiger partial charge in [0, 0.05) is 37.0 Å². The molecule has 110 valence electrons. The lowest BCUT2D eigenvalue weighted by molar-refractivity contribution is -0.0438. The van der Waals surface area contributed by atoms with Crippen molar-refractivity contribution in [3.05, 3.63) is 17.5 Å². The van der Waals surface area contributed by atoms with Crippen molar-refractivity contribution in [1.29, 1.82) is 0 Å². The Labute approximate surface area is 120 Å². The molecule has 0 radical (unpaired) electrons. The Morgan fingerprint density at radius 1 is 1.35 bits per heavy atom. The fraction of sp³-hybridized carbons (Fsp3) is 0.733. The number of anilines is 1. The van der Waals surface area contributed by atoms with Crippen LogP contribution in [0, 0.1) is 19.8 Å². The Kier molecular flexibility index (Phi) is 3.89. The van der Waals surface area contributed by atoms with Crippen molar-refractivity contribution < 1.29 is 9.84 Å². The van der Waals surface area contributed by atoms with Gasteiger partial charge in [-0.25, -0.2) is 9.97 Å². The number of hydrogen-bond donors (Lipinski definition) is 1. The Morgan fingerprint density at radius 3 is 2.95 bits per heavy atom. The zero-order valence-corrected chi connectivity index (χ0v) is 12.2. The van der Waals surface area contributed by atoms with Crippen molar-refractivity contribution in [1.82, 2.24) is 9.97 Å². The molecule has 0 spiro atoms. The van der Waals surface area contributed by atoms with E-state index in [0.29, 0.717) is 19.3 Å². The van der Waals surface area contributed by atoms with Crippen molar-refractivity contribution in [2.24, 2.45) is 5.92 Å². The van der Waals surface area contributed by atoms with Gasteiger partial charge in [0.25, 0.3) is 0 Å². The first-order valence-corrected chi connectivity index (χ1v) is 7.49. The van der Waals surface area contributed by atoms with E-state index in [4.69, 9.17) is 4.74 Å². The van der Waals surface area contributed by atoms with Crippen molar-refractivity contribution in [2.45, 2.75) is 45.3 Å². The summed E-state index contributed by atoms with van der Waals surface area (Å²) in [5, 5.41) is 10.2. The van der Waals surface area contributed by atoms with Gasteiger partial charge in [-0.2, -0.15) is 0 Å². The molecule has 2 aliphatic rings. The maximum atomic E-state index is 10.2. The lowest BCUT2D eigenvalue weighted by Gasteiger charge is -2.37. The number of aryl methyl sites for hydroxylation is 2. The van der Waals surface area contributed by atoms with Crippen molar-refractivity contribution in [2.75, 3.05) is 24.7 Å². The van der Waals surface area contributed by atoms with E-state index in [2.05, 4.69) is 14.9 Å². The topological polar surface area (TPSA) is 58.5 Å². The summed E-state index contributed by atoms with van der Waals surface area (Å²) in [5.41, 5.74) is 2.15. The Bertz CT molecular complexity index is 480. The number of aliphatic hydroxyl groups excluding tert-OH is 1. The summed E-state index contributed by atoms with van der Waals surface area (Å²) < 4.78 is 5.56. The largest absolute Gasteiger partial charge is 0.393 e. The van der Waals surface area contributed by atoms with Crippen LogP contribution in [0.25, 0.3) is 0 Å². The first-order valence-electron chi connectivity index (χ1n) is 7.49. The van der Waals surface area contributed by atoms with E-state index >= 15 is 0 Å². The molecule has 0 unspecified atom stereocenters. The summed E-state index contributed by atoms with van der Waals surface area (Å²) in [5.74, 6) is 0.977. The van der Waals surface area contributed by atoms with Crippen LogP contribution in [-0.4, -0.2) is 47.0 Å². The van der Waals surface area contributed by atoms with Gasteiger partial charge in [-0.05, 0) is 38.7 Å². The molecular weight excluding hydrogens is 254 g/mol. The maximum Gasteiger partial charge on any atom is 0.225 e. The number of rotatable bonds is 2. The van der Waals surface area contributed by atoms with Gasteiger partial charge in [0.1, 0.15) is 0 Å². The molecule has 20 heavy (non-hydrogen) atoms. The van der Waals surface area contributed by atoms with Gasteiger partial charge in [-0.3, -0.25) is 0 Å². The zero-order chi connectivity index (χ0) is 14.1. The summed E-state index contributed by atoms with van der Waals surface area (Å²) in [4.78, 5) is 11.4. The fourth-order valence-corrected chi connectivity index (χ4v) is 3.26. The molecule has 2 aliphatic heterocycles. The summed E-state index contributed by atoms with van der Waals surface area (Å²) in [6.07, 6.45) is 4.58. The third-order valence-corrected chi connectivity index (χ3v) is 4.62. The van der Waals surface area contributed by atoms with E-state index in [1.165, 1.54) is 0 Å². The molecule has 0 aromatic carbocycles. The van der Waals surface area contributed by atoms with Crippen LogP contribution in [0.4, 0.5) is 5.95 Å². The lowest BCUT2D eigenvalue weighted by Crippen LogP contribution is -2.46. The van der Waals surface area contributed by atoms with Gasteiger partial charge in [-0.15, -0.1) is 0 Å². The van der Waals surface area contributed by atoms with Gasteiger partial charge in [0.15, 0.2) is 0 Å². The van der Waals surface area contributed by atoms with Crippen LogP contribution < -0.4 is 4.90 Å². The molecule has 3 rings (SSSR count). The maximum absolute atomic E-state index is 10.2. The number of aromatic nitrogens is 2. The minimum Gasteiger partial charge on any atom is -0.393 e. The molecule has 0 amide bonds. The summed E-state index contributed by atoms with van der Waals surface area (Å²) in [6, 6.07) is 0.299. The summed E-state index contributed by atoms with van der Waals surface area (Å²) in [7, 11) is 0. The highest BCUT2D eigenvalue weighted by Crippen LogP contribution is 2.32. The van der Waals surface area contributed by atoms with E-state index in [1.807, 2.05) is 20.0 Å². The Hall–Kier alpha value is -1.20. The number of hydrogen-bond acceptors (Lipinski definition) is 5. The minimum atomic E-state index is -0.263. The molecule has 0 aliphatic carbocycles. The monoisotopic (exact) mass is 277 g/mol. The van der Waals surface area contributed by atoms with Crippen LogP contribution >= 0.6 is 0 Å². The summed E-state index contributed by atoms with van der Waals surface area (Å²) >= 11 is 0. The van der Waals surface area contributed by atoms with Gasteiger partial charge in [0.05, 0.1) is 12.7 Å². The number of nitrogens with zero attached hydrogens (tertiary/aromatic N) is 3. The van der Waals surface area contributed by atoms with Crippen molar-refractivity contribution >= 4 is 5.95 Å². The van der Waals surface area contributed by atoms with E-state index in [1.54, 1.807) is 0 Å². The Balaban J connectivity index is 1.82. The minimum absolute atomic E-state index is 0.177. The molecule has 3 atom stereocenters. The molecule has 5 heteroatoms. The SMILES string of the molecule is Cc1cnc(N2CCC[C@@H]2[C@@H]2COCC[C@@H]2O)nc1C. The predicted molar refractivity (Wildman–Crippen MR) is 76.8 cm³/mol. The van der Waals surface area contributed by atoms with Crippen LogP contribution in [0.5, 0.6) is 0 Å². The Morgan fingerprint density at radius 2 is 2.20 bits per heavy atom. The molecule has 1 aromatic rings. The van der Waals surface area contributed by atoms with Crippen molar-refractivity contribution in [3.8, 4) is 0 Å². The van der Waals surface area contributed by atoms with Crippen LogP contribution in [0.1, 0.15) is 30.5 Å². The number of ether oxygens (including phenoxy) is 1. The highest BCUT2D eigenvalue weighted by Gasteiger charge is 2.38. The third kappa shape index (κ3) is 2.52. The van der Waals surface area contributed by atoms with Gasteiger partial charge >= 0.3 is 0 Å². The van der Waals surface area contributed by atoms with Gasteiger partial charge in [-0.1, -0.05) is 0 Å². The normalized spacial score (nSPS) is 30.8. The van der Waals surface area contributed by atoms with Crippen molar-refractivity contribution in [3.63, 3.8) is 0 Å². The average molecular weight is 277 g/mol. The first-order chi connectivity index (χ1) is 9.66. The molecular formula is C15H23N3O2. The smallest absolute Gasteiger partial charge is 0.225 e. The molecule has 2 fully saturated rings. The van der Waals surface area contributed by atoms with Crippen LogP contribution in [0.3, 0.4) is 0 Å². The zero-order valence-electron chi connectivity index (χ0n) is 12.2. The quantitative estimate of drug-likeness (QED) is 0.887. The molecule has 1 N–H and O–H groups in total. The molecule has 5 nitrogen and oxygen atoms in total. The van der Waals surface area contributed by atoms with E-state index < -0.39 is 0 Å². The lowest BCUT2D eigenvalue weighted by atomic mass is 9.89. The van der Waals surface area contributed by atoms with Crippen LogP contribution in [0.15, 0.2) is 6.20 Å². The van der Waals surface area contributed by atoms with E-state index in [-0.39, 0.29) is 12.0 Å². The fourth-order valence-electron chi connectivity index (χ4n) is 3.26.